The van der Waals surface area contributed by atoms with Gasteiger partial charge in [0.1, 0.15) is 16.5 Å². The summed E-state index contributed by atoms with van der Waals surface area (Å²) >= 11 is 1.67. The molecule has 2 atom stereocenters. The molecule has 3 rings (SSSR count). The molecule has 0 aromatic carbocycles. The number of nitrogens with zero attached hydrogens (tertiary/aromatic N) is 3. The van der Waals surface area contributed by atoms with E-state index in [0.717, 1.165) is 35.4 Å². The monoisotopic (exact) mass is 306 g/mol. The third-order valence-electron chi connectivity index (χ3n) is 4.42. The smallest absolute Gasteiger partial charge is 0.149 e. The molecule has 114 valence electrons. The third-order valence-corrected chi connectivity index (χ3v) is 5.52. The molecule has 3 heterocycles. The van der Waals surface area contributed by atoms with Crippen LogP contribution in [0.25, 0.3) is 10.2 Å². The van der Waals surface area contributed by atoms with Crippen molar-refractivity contribution < 1.29 is 5.11 Å². The fourth-order valence-electron chi connectivity index (χ4n) is 2.98. The van der Waals surface area contributed by atoms with E-state index >= 15 is 0 Å². The average molecular weight is 306 g/mol. The van der Waals surface area contributed by atoms with Crippen LogP contribution in [0, 0.1) is 13.8 Å². The van der Waals surface area contributed by atoms with Crippen molar-refractivity contribution in [1.29, 1.82) is 0 Å². The summed E-state index contributed by atoms with van der Waals surface area (Å²) in [6.45, 7) is 7.90. The lowest BCUT2D eigenvalue weighted by Gasteiger charge is -2.34. The van der Waals surface area contributed by atoms with Crippen molar-refractivity contribution in [3.63, 3.8) is 0 Å². The van der Waals surface area contributed by atoms with Crippen LogP contribution >= 0.6 is 11.3 Å². The number of fused-ring (bicyclic) bond motifs is 1. The lowest BCUT2D eigenvalue weighted by molar-refractivity contribution is 0.0485. The molecule has 1 saturated heterocycles. The zero-order valence-corrected chi connectivity index (χ0v) is 13.6. The molecule has 0 amide bonds. The molecule has 1 fully saturated rings. The molecular weight excluding hydrogens is 284 g/mol. The first-order chi connectivity index (χ1) is 9.97. The summed E-state index contributed by atoms with van der Waals surface area (Å²) in [5.74, 6) is 1.33. The number of likely N-dealkylation sites (tertiary alicyclic amines) is 1. The average Bonchev–Trinajstić information content (AvgIpc) is 2.73. The summed E-state index contributed by atoms with van der Waals surface area (Å²) in [7, 11) is 0. The lowest BCUT2D eigenvalue weighted by atomic mass is 10.1. The molecule has 0 aliphatic carbocycles. The molecule has 0 unspecified atom stereocenters. The molecule has 3 N–H and O–H groups in total. The Balaban J connectivity index is 1.96. The Bertz CT molecular complexity index is 669. The quantitative estimate of drug-likeness (QED) is 0.891. The van der Waals surface area contributed by atoms with Gasteiger partial charge >= 0.3 is 0 Å². The highest BCUT2D eigenvalue weighted by Crippen LogP contribution is 2.33. The molecule has 0 saturated carbocycles. The van der Waals surface area contributed by atoms with E-state index in [-0.39, 0.29) is 12.1 Å². The largest absolute Gasteiger partial charge is 0.392 e. The Morgan fingerprint density at radius 3 is 2.86 bits per heavy atom. The second-order valence-corrected chi connectivity index (χ2v) is 7.10. The van der Waals surface area contributed by atoms with Crippen LogP contribution in [0.15, 0.2) is 0 Å². The van der Waals surface area contributed by atoms with E-state index in [2.05, 4.69) is 30.7 Å². The van der Waals surface area contributed by atoms with Gasteiger partial charge in [-0.3, -0.25) is 4.90 Å². The third kappa shape index (κ3) is 2.63. The SMILES string of the molecule is Cc1sc2nc([C@@H](C)N3CCC[C@H](O)C3)nc(N)c2c1C. The van der Waals surface area contributed by atoms with Gasteiger partial charge in [-0.1, -0.05) is 0 Å². The highest BCUT2D eigenvalue weighted by Gasteiger charge is 2.25. The van der Waals surface area contributed by atoms with Gasteiger partial charge < -0.3 is 10.8 Å². The van der Waals surface area contributed by atoms with Crippen molar-refractivity contribution in [2.45, 2.75) is 45.8 Å². The molecule has 1 aliphatic rings. The standard InChI is InChI=1S/C15H22N4OS/c1-8-10(3)21-15-12(8)13(16)17-14(18-15)9(2)19-6-4-5-11(20)7-19/h9,11,20H,4-7H2,1-3H3,(H2,16,17,18)/t9-,11+/m1/s1. The maximum Gasteiger partial charge on any atom is 0.149 e. The Morgan fingerprint density at radius 2 is 2.14 bits per heavy atom. The van der Waals surface area contributed by atoms with Crippen LogP contribution in [0.4, 0.5) is 5.82 Å². The number of hydrogen-bond acceptors (Lipinski definition) is 6. The molecule has 6 heteroatoms. The Kier molecular flexibility index (Phi) is 3.86. The first kappa shape index (κ1) is 14.7. The van der Waals surface area contributed by atoms with E-state index in [1.165, 1.54) is 10.4 Å². The fraction of sp³-hybridized carbons (Fsp3) is 0.600. The van der Waals surface area contributed by atoms with E-state index in [9.17, 15) is 5.11 Å². The van der Waals surface area contributed by atoms with Crippen LogP contribution < -0.4 is 5.73 Å². The molecule has 0 bridgehead atoms. The number of nitrogens with two attached hydrogens (primary N) is 1. The van der Waals surface area contributed by atoms with Gasteiger partial charge in [0, 0.05) is 11.4 Å². The molecule has 21 heavy (non-hydrogen) atoms. The number of aliphatic hydroxyl groups is 1. The highest BCUT2D eigenvalue weighted by molar-refractivity contribution is 7.18. The molecule has 0 spiro atoms. The number of nitrogen functional groups attached to an aromatic ring is 1. The van der Waals surface area contributed by atoms with E-state index in [1.807, 2.05) is 0 Å². The summed E-state index contributed by atoms with van der Waals surface area (Å²) in [4.78, 5) is 13.7. The van der Waals surface area contributed by atoms with Gasteiger partial charge in [0.2, 0.25) is 0 Å². The maximum absolute atomic E-state index is 9.84. The van der Waals surface area contributed by atoms with Crippen molar-refractivity contribution in [3.05, 3.63) is 16.3 Å². The first-order valence-electron chi connectivity index (χ1n) is 7.42. The predicted molar refractivity (Wildman–Crippen MR) is 86.5 cm³/mol. The topological polar surface area (TPSA) is 75.3 Å². The number of aryl methyl sites for hydroxylation is 2. The van der Waals surface area contributed by atoms with Gasteiger partial charge in [-0.05, 0) is 45.7 Å². The number of aromatic nitrogens is 2. The van der Waals surface area contributed by atoms with Crippen LogP contribution in [-0.4, -0.2) is 39.2 Å². The lowest BCUT2D eigenvalue weighted by Crippen LogP contribution is -2.40. The number of piperidine rings is 1. The van der Waals surface area contributed by atoms with Crippen LogP contribution in [-0.2, 0) is 0 Å². The van der Waals surface area contributed by atoms with E-state index in [4.69, 9.17) is 10.7 Å². The number of aliphatic hydroxyl groups excluding tert-OH is 1. The predicted octanol–water partition coefficient (Wildman–Crippen LogP) is 2.41. The zero-order valence-electron chi connectivity index (χ0n) is 12.8. The van der Waals surface area contributed by atoms with Gasteiger partial charge in [0.25, 0.3) is 0 Å². The van der Waals surface area contributed by atoms with Crippen molar-refractivity contribution in [2.75, 3.05) is 18.8 Å². The molecular formula is C15H22N4OS. The van der Waals surface area contributed by atoms with Gasteiger partial charge in [0.05, 0.1) is 17.5 Å². The Morgan fingerprint density at radius 1 is 1.38 bits per heavy atom. The molecule has 2 aromatic rings. The van der Waals surface area contributed by atoms with Crippen molar-refractivity contribution in [1.82, 2.24) is 14.9 Å². The minimum Gasteiger partial charge on any atom is -0.392 e. The van der Waals surface area contributed by atoms with Gasteiger partial charge in [-0.2, -0.15) is 0 Å². The van der Waals surface area contributed by atoms with Gasteiger partial charge in [0.15, 0.2) is 0 Å². The van der Waals surface area contributed by atoms with E-state index in [1.54, 1.807) is 11.3 Å². The maximum atomic E-state index is 9.84. The fourth-order valence-corrected chi connectivity index (χ4v) is 4.03. The summed E-state index contributed by atoms with van der Waals surface area (Å²) in [5, 5.41) is 10.8. The number of rotatable bonds is 2. The number of β-amino-alcohol motifs (C(OH)–C–C–N with tert-alkyl or cyclic N) is 1. The molecule has 0 radical (unpaired) electrons. The van der Waals surface area contributed by atoms with Gasteiger partial charge in [-0.15, -0.1) is 11.3 Å². The second-order valence-electron chi connectivity index (χ2n) is 5.90. The Labute approximate surface area is 128 Å². The summed E-state index contributed by atoms with van der Waals surface area (Å²) in [5.41, 5.74) is 7.33. The van der Waals surface area contributed by atoms with Crippen LogP contribution in [0.5, 0.6) is 0 Å². The summed E-state index contributed by atoms with van der Waals surface area (Å²) < 4.78 is 0. The summed E-state index contributed by atoms with van der Waals surface area (Å²) in [6, 6.07) is 0.0781. The van der Waals surface area contributed by atoms with Crippen LogP contribution in [0.3, 0.4) is 0 Å². The van der Waals surface area contributed by atoms with Gasteiger partial charge in [-0.25, -0.2) is 9.97 Å². The minimum absolute atomic E-state index is 0.0781. The molecule has 2 aromatic heterocycles. The van der Waals surface area contributed by atoms with Crippen LogP contribution in [0.1, 0.15) is 42.1 Å². The van der Waals surface area contributed by atoms with Crippen LogP contribution in [0.2, 0.25) is 0 Å². The number of thiophene rings is 1. The molecule has 5 nitrogen and oxygen atoms in total. The highest BCUT2D eigenvalue weighted by atomic mass is 32.1. The second kappa shape index (κ2) is 5.51. The van der Waals surface area contributed by atoms with Crippen molar-refractivity contribution >= 4 is 27.4 Å². The zero-order chi connectivity index (χ0) is 15.1. The minimum atomic E-state index is -0.242. The molecule has 1 aliphatic heterocycles. The normalized spacial score (nSPS) is 21.8. The Hall–Kier alpha value is -1.24. The number of anilines is 1. The summed E-state index contributed by atoms with van der Waals surface area (Å²) in [6.07, 6.45) is 1.66. The van der Waals surface area contributed by atoms with Crippen molar-refractivity contribution in [3.8, 4) is 0 Å². The van der Waals surface area contributed by atoms with Crippen molar-refractivity contribution in [2.24, 2.45) is 0 Å². The van der Waals surface area contributed by atoms with E-state index < -0.39 is 0 Å². The number of hydrogen-bond donors (Lipinski definition) is 2. The first-order valence-corrected chi connectivity index (χ1v) is 8.24. The van der Waals surface area contributed by atoms with E-state index in [0.29, 0.717) is 12.4 Å².